The van der Waals surface area contributed by atoms with E-state index in [-0.39, 0.29) is 5.60 Å². The SMILES string of the molecule is COC(C)(C)CNC1CCC(c2ccccc2)CC1. The molecule has 0 saturated heterocycles. The average Bonchev–Trinajstić information content (AvgIpc) is 2.47. The van der Waals surface area contributed by atoms with E-state index in [0.29, 0.717) is 6.04 Å². The summed E-state index contributed by atoms with van der Waals surface area (Å²) in [6, 6.07) is 11.6. The number of methoxy groups -OCH3 is 1. The Morgan fingerprint density at radius 2 is 1.74 bits per heavy atom. The molecular weight excluding hydrogens is 234 g/mol. The van der Waals surface area contributed by atoms with Crippen LogP contribution < -0.4 is 5.32 Å². The number of benzene rings is 1. The predicted molar refractivity (Wildman–Crippen MR) is 80.5 cm³/mol. The van der Waals surface area contributed by atoms with Crippen LogP contribution in [0.5, 0.6) is 0 Å². The Balaban J connectivity index is 1.77. The number of rotatable bonds is 5. The minimum Gasteiger partial charge on any atom is -0.377 e. The molecule has 2 heteroatoms. The second-order valence-electron chi connectivity index (χ2n) is 6.30. The first-order chi connectivity index (χ1) is 9.11. The van der Waals surface area contributed by atoms with Crippen LogP contribution in [0.2, 0.25) is 0 Å². The normalized spacial score (nSPS) is 24.4. The first-order valence-corrected chi connectivity index (χ1v) is 7.44. The Morgan fingerprint density at radius 3 is 2.32 bits per heavy atom. The van der Waals surface area contributed by atoms with Crippen LogP contribution in [-0.2, 0) is 4.74 Å². The molecule has 2 rings (SSSR count). The predicted octanol–water partition coefficient (Wildman–Crippen LogP) is 3.73. The maximum atomic E-state index is 5.46. The summed E-state index contributed by atoms with van der Waals surface area (Å²) in [5, 5.41) is 3.66. The number of ether oxygens (including phenoxy) is 1. The molecule has 2 nitrogen and oxygen atoms in total. The van der Waals surface area contributed by atoms with Crippen molar-refractivity contribution in [3.05, 3.63) is 35.9 Å². The molecule has 0 amide bonds. The molecule has 0 aliphatic heterocycles. The zero-order valence-corrected chi connectivity index (χ0v) is 12.5. The van der Waals surface area contributed by atoms with Gasteiger partial charge in [-0.3, -0.25) is 0 Å². The molecule has 1 aliphatic carbocycles. The third kappa shape index (κ3) is 4.32. The van der Waals surface area contributed by atoms with E-state index in [0.717, 1.165) is 12.5 Å². The van der Waals surface area contributed by atoms with E-state index >= 15 is 0 Å². The lowest BCUT2D eigenvalue weighted by Gasteiger charge is -2.32. The molecule has 1 aromatic rings. The monoisotopic (exact) mass is 261 g/mol. The summed E-state index contributed by atoms with van der Waals surface area (Å²) in [5.41, 5.74) is 1.45. The fourth-order valence-electron chi connectivity index (χ4n) is 2.82. The van der Waals surface area contributed by atoms with Gasteiger partial charge in [-0.2, -0.15) is 0 Å². The second-order valence-corrected chi connectivity index (χ2v) is 6.30. The molecule has 1 saturated carbocycles. The fraction of sp³-hybridized carbons (Fsp3) is 0.647. The molecule has 106 valence electrons. The smallest absolute Gasteiger partial charge is 0.0746 e. The van der Waals surface area contributed by atoms with Crippen LogP contribution in [0.3, 0.4) is 0 Å². The minimum absolute atomic E-state index is 0.0592. The standard InChI is InChI=1S/C17H27NO/c1-17(2,19-3)13-18-16-11-9-15(10-12-16)14-7-5-4-6-8-14/h4-8,15-16,18H,9-13H2,1-3H3. The summed E-state index contributed by atoms with van der Waals surface area (Å²) in [7, 11) is 1.79. The van der Waals surface area contributed by atoms with Gasteiger partial charge >= 0.3 is 0 Å². The van der Waals surface area contributed by atoms with Crippen LogP contribution in [0.4, 0.5) is 0 Å². The Morgan fingerprint density at radius 1 is 1.11 bits per heavy atom. The lowest BCUT2D eigenvalue weighted by Crippen LogP contribution is -2.43. The van der Waals surface area contributed by atoms with Gasteiger partial charge in [0.1, 0.15) is 0 Å². The molecular formula is C17H27NO. The van der Waals surface area contributed by atoms with Gasteiger partial charge in [0, 0.05) is 19.7 Å². The first-order valence-electron chi connectivity index (χ1n) is 7.44. The third-order valence-electron chi connectivity index (χ3n) is 4.37. The molecule has 0 bridgehead atoms. The Bertz CT molecular complexity index is 366. The zero-order valence-electron chi connectivity index (χ0n) is 12.5. The van der Waals surface area contributed by atoms with Crippen LogP contribution in [0.15, 0.2) is 30.3 Å². The molecule has 1 fully saturated rings. The van der Waals surface area contributed by atoms with Gasteiger partial charge in [0.05, 0.1) is 5.60 Å². The highest BCUT2D eigenvalue weighted by atomic mass is 16.5. The summed E-state index contributed by atoms with van der Waals surface area (Å²) >= 11 is 0. The highest BCUT2D eigenvalue weighted by Crippen LogP contribution is 2.32. The Labute approximate surface area is 117 Å². The maximum absolute atomic E-state index is 5.46. The van der Waals surface area contributed by atoms with Gasteiger partial charge in [-0.15, -0.1) is 0 Å². The van der Waals surface area contributed by atoms with Gasteiger partial charge in [0.2, 0.25) is 0 Å². The van der Waals surface area contributed by atoms with Crippen molar-refractivity contribution in [3.63, 3.8) is 0 Å². The van der Waals surface area contributed by atoms with Crippen LogP contribution in [0, 0.1) is 0 Å². The summed E-state index contributed by atoms with van der Waals surface area (Å²) in [6.07, 6.45) is 5.16. The van der Waals surface area contributed by atoms with Crippen molar-refractivity contribution in [2.24, 2.45) is 0 Å². The van der Waals surface area contributed by atoms with Crippen LogP contribution >= 0.6 is 0 Å². The molecule has 19 heavy (non-hydrogen) atoms. The fourth-order valence-corrected chi connectivity index (χ4v) is 2.82. The van der Waals surface area contributed by atoms with Gasteiger partial charge in [-0.05, 0) is 51.0 Å². The molecule has 0 atom stereocenters. The number of nitrogens with one attached hydrogen (secondary N) is 1. The first kappa shape index (κ1) is 14.5. The van der Waals surface area contributed by atoms with Crippen molar-refractivity contribution >= 4 is 0 Å². The van der Waals surface area contributed by atoms with E-state index in [1.807, 2.05) is 0 Å². The third-order valence-corrected chi connectivity index (χ3v) is 4.37. The van der Waals surface area contributed by atoms with Crippen molar-refractivity contribution in [2.45, 2.75) is 57.1 Å². The van der Waals surface area contributed by atoms with Gasteiger partial charge in [-0.25, -0.2) is 0 Å². The summed E-state index contributed by atoms with van der Waals surface area (Å²) in [6.45, 7) is 5.20. The van der Waals surface area contributed by atoms with Crippen molar-refractivity contribution in [1.82, 2.24) is 5.32 Å². The van der Waals surface area contributed by atoms with E-state index in [4.69, 9.17) is 4.74 Å². The molecule has 0 unspecified atom stereocenters. The number of hydrogen-bond donors (Lipinski definition) is 1. The van der Waals surface area contributed by atoms with E-state index in [1.165, 1.54) is 31.2 Å². The van der Waals surface area contributed by atoms with Gasteiger partial charge in [0.25, 0.3) is 0 Å². The Hall–Kier alpha value is -0.860. The zero-order chi connectivity index (χ0) is 13.7. The molecule has 0 aromatic heterocycles. The summed E-state index contributed by atoms with van der Waals surface area (Å²) < 4.78 is 5.46. The van der Waals surface area contributed by atoms with E-state index in [9.17, 15) is 0 Å². The molecule has 0 radical (unpaired) electrons. The van der Waals surface area contributed by atoms with Gasteiger partial charge < -0.3 is 10.1 Å². The van der Waals surface area contributed by atoms with E-state index in [2.05, 4.69) is 49.5 Å². The minimum atomic E-state index is -0.0592. The summed E-state index contributed by atoms with van der Waals surface area (Å²) in [4.78, 5) is 0. The van der Waals surface area contributed by atoms with Crippen molar-refractivity contribution in [2.75, 3.05) is 13.7 Å². The number of hydrogen-bond acceptors (Lipinski definition) is 2. The molecule has 1 aliphatic rings. The van der Waals surface area contributed by atoms with Crippen LogP contribution in [0.1, 0.15) is 51.0 Å². The van der Waals surface area contributed by atoms with Crippen molar-refractivity contribution < 1.29 is 4.74 Å². The molecule has 0 heterocycles. The highest BCUT2D eigenvalue weighted by Gasteiger charge is 2.24. The van der Waals surface area contributed by atoms with Crippen LogP contribution in [-0.4, -0.2) is 25.3 Å². The van der Waals surface area contributed by atoms with Gasteiger partial charge in [-0.1, -0.05) is 30.3 Å². The quantitative estimate of drug-likeness (QED) is 0.872. The second kappa shape index (κ2) is 6.53. The lowest BCUT2D eigenvalue weighted by molar-refractivity contribution is 0.0199. The van der Waals surface area contributed by atoms with Crippen molar-refractivity contribution in [1.29, 1.82) is 0 Å². The summed E-state index contributed by atoms with van der Waals surface area (Å²) in [5.74, 6) is 0.759. The van der Waals surface area contributed by atoms with Crippen LogP contribution in [0.25, 0.3) is 0 Å². The highest BCUT2D eigenvalue weighted by molar-refractivity contribution is 5.20. The largest absolute Gasteiger partial charge is 0.377 e. The lowest BCUT2D eigenvalue weighted by atomic mass is 9.81. The maximum Gasteiger partial charge on any atom is 0.0746 e. The Kier molecular flexibility index (Phi) is 5.00. The van der Waals surface area contributed by atoms with E-state index < -0.39 is 0 Å². The molecule has 1 N–H and O–H groups in total. The van der Waals surface area contributed by atoms with E-state index in [1.54, 1.807) is 7.11 Å². The molecule has 1 aromatic carbocycles. The van der Waals surface area contributed by atoms with Crippen molar-refractivity contribution in [3.8, 4) is 0 Å². The van der Waals surface area contributed by atoms with Gasteiger partial charge in [0.15, 0.2) is 0 Å². The topological polar surface area (TPSA) is 21.3 Å². The molecule has 0 spiro atoms. The average molecular weight is 261 g/mol.